The van der Waals surface area contributed by atoms with Gasteiger partial charge in [-0.05, 0) is 6.92 Å². The predicted molar refractivity (Wildman–Crippen MR) is 58.4 cm³/mol. The Morgan fingerprint density at radius 3 is 2.88 bits per heavy atom. The minimum absolute atomic E-state index is 0.0233. The number of carbonyl (C=O) groups is 2. The van der Waals surface area contributed by atoms with Crippen molar-refractivity contribution < 1.29 is 23.8 Å². The molecule has 0 bridgehead atoms. The smallest absolute Gasteiger partial charge is 0.309 e. The number of ether oxygens (including phenoxy) is 3. The van der Waals surface area contributed by atoms with Gasteiger partial charge in [0.05, 0.1) is 24.9 Å². The zero-order valence-electron chi connectivity index (χ0n) is 9.14. The number of rotatable bonds is 5. The minimum atomic E-state index is -0.493. The van der Waals surface area contributed by atoms with Gasteiger partial charge in [-0.25, -0.2) is 0 Å². The maximum Gasteiger partial charge on any atom is 0.309 e. The summed E-state index contributed by atoms with van der Waals surface area (Å²) in [6.07, 6.45) is -0.299. The molecule has 0 spiro atoms. The molecule has 1 rings (SSSR count). The Morgan fingerprint density at radius 2 is 2.31 bits per heavy atom. The summed E-state index contributed by atoms with van der Waals surface area (Å²) in [5.41, 5.74) is 0. The fraction of sp³-hybridized carbons (Fsp3) is 0.700. The topological polar surface area (TPSA) is 61.8 Å². The summed E-state index contributed by atoms with van der Waals surface area (Å²) in [6, 6.07) is 0. The highest BCUT2D eigenvalue weighted by Crippen LogP contribution is 2.19. The largest absolute Gasteiger partial charge is 0.462 e. The highest BCUT2D eigenvalue weighted by Gasteiger charge is 2.22. The van der Waals surface area contributed by atoms with Crippen LogP contribution in [-0.4, -0.2) is 35.8 Å². The van der Waals surface area contributed by atoms with Crippen molar-refractivity contribution in [2.45, 2.75) is 32.0 Å². The van der Waals surface area contributed by atoms with Crippen LogP contribution in [0.4, 0.5) is 0 Å². The summed E-state index contributed by atoms with van der Waals surface area (Å²) in [6.45, 7) is 1.64. The average molecular weight is 247 g/mol. The second kappa shape index (κ2) is 6.75. The van der Waals surface area contributed by atoms with E-state index < -0.39 is 12.1 Å². The van der Waals surface area contributed by atoms with Gasteiger partial charge in [0.25, 0.3) is 0 Å². The van der Waals surface area contributed by atoms with E-state index in [4.69, 9.17) is 9.47 Å². The van der Waals surface area contributed by atoms with Gasteiger partial charge in [-0.2, -0.15) is 0 Å². The lowest BCUT2D eigenvalue weighted by Gasteiger charge is -2.13. The lowest BCUT2D eigenvalue weighted by molar-refractivity contribution is -0.154. The molecule has 0 aromatic carbocycles. The zero-order valence-corrected chi connectivity index (χ0v) is 9.96. The Bertz CT molecular complexity index is 250. The average Bonchev–Trinajstić information content (AvgIpc) is 2.69. The Kier molecular flexibility index (Phi) is 5.62. The molecule has 1 heterocycles. The molecule has 2 atom stereocenters. The standard InChI is InChI=1S/C10H15O5S/c1-7(3-9(11)13-2)15-10(12)4-8-5-16-6-14-8/h7-8H,2-6H2,1H3. The van der Waals surface area contributed by atoms with Gasteiger partial charge in [0, 0.05) is 5.75 Å². The molecule has 0 aromatic rings. The molecule has 1 saturated heterocycles. The Hall–Kier alpha value is -0.750. The van der Waals surface area contributed by atoms with Gasteiger partial charge < -0.3 is 14.2 Å². The van der Waals surface area contributed by atoms with Gasteiger partial charge in [-0.1, -0.05) is 0 Å². The highest BCUT2D eigenvalue weighted by atomic mass is 32.2. The van der Waals surface area contributed by atoms with Crippen LogP contribution >= 0.6 is 11.8 Å². The molecule has 0 N–H and O–H groups in total. The van der Waals surface area contributed by atoms with E-state index in [2.05, 4.69) is 11.8 Å². The number of hydrogen-bond donors (Lipinski definition) is 0. The molecule has 2 unspecified atom stereocenters. The van der Waals surface area contributed by atoms with E-state index >= 15 is 0 Å². The van der Waals surface area contributed by atoms with E-state index in [9.17, 15) is 9.59 Å². The van der Waals surface area contributed by atoms with Gasteiger partial charge in [0.2, 0.25) is 0 Å². The summed E-state index contributed by atoms with van der Waals surface area (Å²) in [5.74, 6) is 0.593. The second-order valence-corrected chi connectivity index (χ2v) is 4.48. The lowest BCUT2D eigenvalue weighted by Crippen LogP contribution is -2.23. The molecule has 6 heteroatoms. The minimum Gasteiger partial charge on any atom is -0.462 e. The van der Waals surface area contributed by atoms with E-state index in [1.54, 1.807) is 18.7 Å². The van der Waals surface area contributed by atoms with Crippen molar-refractivity contribution in [1.29, 1.82) is 0 Å². The molecule has 1 aliphatic rings. The molecular formula is C10H15O5S. The van der Waals surface area contributed by atoms with Crippen LogP contribution in [0, 0.1) is 7.11 Å². The number of thioether (sulfide) groups is 1. The van der Waals surface area contributed by atoms with Crippen molar-refractivity contribution in [1.82, 2.24) is 0 Å². The van der Waals surface area contributed by atoms with Gasteiger partial charge in [0.15, 0.2) is 0 Å². The van der Waals surface area contributed by atoms with Crippen LogP contribution in [0.25, 0.3) is 0 Å². The first-order valence-electron chi connectivity index (χ1n) is 4.95. The van der Waals surface area contributed by atoms with Crippen molar-refractivity contribution in [3.8, 4) is 0 Å². The monoisotopic (exact) mass is 247 g/mol. The van der Waals surface area contributed by atoms with Gasteiger partial charge in [0.1, 0.15) is 13.2 Å². The van der Waals surface area contributed by atoms with E-state index in [0.29, 0.717) is 5.94 Å². The van der Waals surface area contributed by atoms with Crippen molar-refractivity contribution >= 4 is 23.7 Å². The summed E-state index contributed by atoms with van der Waals surface area (Å²) in [5, 5.41) is 0. The molecule has 1 fully saturated rings. The third kappa shape index (κ3) is 4.85. The molecule has 1 radical (unpaired) electrons. The summed E-state index contributed by atoms with van der Waals surface area (Å²) in [7, 11) is 2.99. The summed E-state index contributed by atoms with van der Waals surface area (Å²) >= 11 is 1.64. The first kappa shape index (κ1) is 13.3. The van der Waals surface area contributed by atoms with Crippen LogP contribution < -0.4 is 0 Å². The zero-order chi connectivity index (χ0) is 12.0. The molecular weight excluding hydrogens is 232 g/mol. The van der Waals surface area contributed by atoms with Crippen LogP contribution in [0.2, 0.25) is 0 Å². The Labute approximate surface area is 98.8 Å². The van der Waals surface area contributed by atoms with Crippen LogP contribution in [0.15, 0.2) is 0 Å². The number of esters is 2. The van der Waals surface area contributed by atoms with Crippen molar-refractivity contribution in [3.63, 3.8) is 0 Å². The molecule has 0 aliphatic carbocycles. The van der Waals surface area contributed by atoms with Crippen LogP contribution in [-0.2, 0) is 23.8 Å². The predicted octanol–water partition coefficient (Wildman–Crippen LogP) is 1.12. The van der Waals surface area contributed by atoms with Crippen molar-refractivity contribution in [2.75, 3.05) is 11.7 Å². The normalized spacial score (nSPS) is 21.5. The van der Waals surface area contributed by atoms with Crippen molar-refractivity contribution in [3.05, 3.63) is 7.11 Å². The highest BCUT2D eigenvalue weighted by molar-refractivity contribution is 7.99. The SMILES string of the molecule is [CH2]OC(=O)CC(C)OC(=O)CC1CSCO1. The lowest BCUT2D eigenvalue weighted by atomic mass is 10.2. The number of hydrogen-bond acceptors (Lipinski definition) is 6. The van der Waals surface area contributed by atoms with Gasteiger partial charge in [-0.3, -0.25) is 9.59 Å². The van der Waals surface area contributed by atoms with E-state index in [0.717, 1.165) is 5.75 Å². The summed E-state index contributed by atoms with van der Waals surface area (Å²) in [4.78, 5) is 22.2. The van der Waals surface area contributed by atoms with Crippen LogP contribution in [0.1, 0.15) is 19.8 Å². The van der Waals surface area contributed by atoms with E-state index in [1.807, 2.05) is 0 Å². The third-order valence-corrected chi connectivity index (χ3v) is 2.94. The molecule has 16 heavy (non-hydrogen) atoms. The third-order valence-electron chi connectivity index (χ3n) is 2.03. The molecule has 91 valence electrons. The van der Waals surface area contributed by atoms with Gasteiger partial charge >= 0.3 is 11.9 Å². The molecule has 1 aliphatic heterocycles. The molecule has 0 amide bonds. The Morgan fingerprint density at radius 1 is 1.56 bits per heavy atom. The van der Waals surface area contributed by atoms with Crippen LogP contribution in [0.3, 0.4) is 0 Å². The number of carbonyl (C=O) groups excluding carboxylic acids is 2. The van der Waals surface area contributed by atoms with E-state index in [-0.39, 0.29) is 24.9 Å². The van der Waals surface area contributed by atoms with Crippen LogP contribution in [0.5, 0.6) is 0 Å². The van der Waals surface area contributed by atoms with Gasteiger partial charge in [-0.15, -0.1) is 11.8 Å². The van der Waals surface area contributed by atoms with Crippen molar-refractivity contribution in [2.24, 2.45) is 0 Å². The Balaban J connectivity index is 2.19. The molecule has 5 nitrogen and oxygen atoms in total. The maximum absolute atomic E-state index is 11.4. The van der Waals surface area contributed by atoms with E-state index in [1.165, 1.54) is 0 Å². The first-order chi connectivity index (χ1) is 7.61. The molecule has 0 aromatic heterocycles. The maximum atomic E-state index is 11.4. The fourth-order valence-electron chi connectivity index (χ4n) is 1.28. The first-order valence-corrected chi connectivity index (χ1v) is 6.11. The second-order valence-electron chi connectivity index (χ2n) is 3.50. The summed E-state index contributed by atoms with van der Waals surface area (Å²) < 4.78 is 14.5. The fourth-order valence-corrected chi connectivity index (χ4v) is 2.15. The quantitative estimate of drug-likeness (QED) is 0.678. The molecule has 0 saturated carbocycles.